The van der Waals surface area contributed by atoms with Gasteiger partial charge in [0.05, 0.1) is 25.9 Å². The van der Waals surface area contributed by atoms with Crippen LogP contribution in [0.4, 0.5) is 0 Å². The van der Waals surface area contributed by atoms with Crippen molar-refractivity contribution in [1.82, 2.24) is 10.2 Å². The van der Waals surface area contributed by atoms with Crippen LogP contribution >= 0.6 is 0 Å². The van der Waals surface area contributed by atoms with Gasteiger partial charge >= 0.3 is 0 Å². The first-order valence-corrected chi connectivity index (χ1v) is 4.89. The number of aliphatic hydroxyl groups excluding tert-OH is 2. The van der Waals surface area contributed by atoms with Gasteiger partial charge in [-0.2, -0.15) is 0 Å². The van der Waals surface area contributed by atoms with Gasteiger partial charge in [-0.15, -0.1) is 0 Å². The van der Waals surface area contributed by atoms with Crippen molar-refractivity contribution in [1.29, 1.82) is 0 Å². The smallest absolute Gasteiger partial charge is 0.0894 e. The van der Waals surface area contributed by atoms with Crippen molar-refractivity contribution < 1.29 is 14.9 Å². The molecule has 0 aromatic heterocycles. The Morgan fingerprint density at radius 3 is 2.64 bits per heavy atom. The Morgan fingerprint density at radius 2 is 2.07 bits per heavy atom. The lowest BCUT2D eigenvalue weighted by atomic mass is 10.4. The molecule has 0 heterocycles. The number of nitrogens with zero attached hydrogens (tertiary/aromatic N) is 1. The van der Waals surface area contributed by atoms with Gasteiger partial charge in [0.25, 0.3) is 0 Å². The third-order valence-electron chi connectivity index (χ3n) is 1.70. The fourth-order valence-electron chi connectivity index (χ4n) is 0.827. The molecule has 0 spiro atoms. The number of likely N-dealkylation sites (N-methyl/N-ethyl adjacent to an activating group) is 1. The minimum Gasteiger partial charge on any atom is -0.394 e. The molecular formula is C9H22N2O3. The molecule has 0 aliphatic heterocycles. The summed E-state index contributed by atoms with van der Waals surface area (Å²) in [6.07, 6.45) is -0.670. The minimum atomic E-state index is -0.670. The maximum Gasteiger partial charge on any atom is 0.0894 e. The number of rotatable bonds is 9. The number of ether oxygens (including phenoxy) is 1. The molecule has 0 aliphatic rings. The Kier molecular flexibility index (Phi) is 9.23. The van der Waals surface area contributed by atoms with Gasteiger partial charge in [0.2, 0.25) is 0 Å². The SMILES string of the molecule is CN(C)CCOCCNCC(O)CO. The second-order valence-electron chi connectivity index (χ2n) is 3.46. The number of hydrogen-bond donors (Lipinski definition) is 3. The molecule has 0 amide bonds. The standard InChI is InChI=1S/C9H22N2O3/c1-11(2)4-6-14-5-3-10-7-9(13)8-12/h9-10,12-13H,3-8H2,1-2H3. The van der Waals surface area contributed by atoms with E-state index in [1.807, 2.05) is 14.1 Å². The summed E-state index contributed by atoms with van der Waals surface area (Å²) in [6.45, 7) is 3.18. The van der Waals surface area contributed by atoms with Gasteiger partial charge in [-0.1, -0.05) is 0 Å². The zero-order valence-electron chi connectivity index (χ0n) is 9.07. The Morgan fingerprint density at radius 1 is 1.36 bits per heavy atom. The van der Waals surface area contributed by atoms with E-state index in [2.05, 4.69) is 10.2 Å². The molecule has 0 bridgehead atoms. The van der Waals surface area contributed by atoms with E-state index in [0.717, 1.165) is 13.2 Å². The average molecular weight is 206 g/mol. The maximum absolute atomic E-state index is 8.97. The lowest BCUT2D eigenvalue weighted by Crippen LogP contribution is -2.32. The fraction of sp³-hybridized carbons (Fsp3) is 1.00. The van der Waals surface area contributed by atoms with E-state index in [0.29, 0.717) is 19.7 Å². The lowest BCUT2D eigenvalue weighted by Gasteiger charge is -2.11. The summed E-state index contributed by atoms with van der Waals surface area (Å²) in [7, 11) is 4.00. The predicted octanol–water partition coefficient (Wildman–Crippen LogP) is -1.49. The van der Waals surface area contributed by atoms with Crippen molar-refractivity contribution in [2.75, 3.05) is 53.6 Å². The van der Waals surface area contributed by atoms with Gasteiger partial charge in [-0.3, -0.25) is 0 Å². The molecule has 3 N–H and O–H groups in total. The van der Waals surface area contributed by atoms with Gasteiger partial charge < -0.3 is 25.2 Å². The van der Waals surface area contributed by atoms with Crippen molar-refractivity contribution >= 4 is 0 Å². The van der Waals surface area contributed by atoms with E-state index in [9.17, 15) is 0 Å². The van der Waals surface area contributed by atoms with Crippen molar-refractivity contribution in [2.45, 2.75) is 6.10 Å². The van der Waals surface area contributed by atoms with Crippen molar-refractivity contribution in [3.05, 3.63) is 0 Å². The Hall–Kier alpha value is -0.200. The predicted molar refractivity (Wildman–Crippen MR) is 55.3 cm³/mol. The van der Waals surface area contributed by atoms with Gasteiger partial charge in [0.15, 0.2) is 0 Å². The van der Waals surface area contributed by atoms with E-state index in [-0.39, 0.29) is 6.61 Å². The third-order valence-corrected chi connectivity index (χ3v) is 1.70. The molecule has 0 saturated carbocycles. The summed E-state index contributed by atoms with van der Waals surface area (Å²) in [4.78, 5) is 2.06. The van der Waals surface area contributed by atoms with E-state index < -0.39 is 6.10 Å². The molecule has 1 atom stereocenters. The van der Waals surface area contributed by atoms with Crippen LogP contribution in [0.2, 0.25) is 0 Å². The van der Waals surface area contributed by atoms with Crippen molar-refractivity contribution in [3.63, 3.8) is 0 Å². The zero-order chi connectivity index (χ0) is 10.8. The molecule has 86 valence electrons. The number of hydrogen-bond acceptors (Lipinski definition) is 5. The first-order valence-electron chi connectivity index (χ1n) is 4.89. The molecule has 0 aromatic carbocycles. The van der Waals surface area contributed by atoms with Crippen LogP contribution in [0.5, 0.6) is 0 Å². The molecular weight excluding hydrogens is 184 g/mol. The zero-order valence-corrected chi connectivity index (χ0v) is 9.07. The highest BCUT2D eigenvalue weighted by molar-refractivity contribution is 4.56. The van der Waals surface area contributed by atoms with Gasteiger partial charge in [0, 0.05) is 19.6 Å². The molecule has 1 unspecified atom stereocenters. The summed E-state index contributed by atoms with van der Waals surface area (Å²) >= 11 is 0. The van der Waals surface area contributed by atoms with E-state index >= 15 is 0 Å². The average Bonchev–Trinajstić information content (AvgIpc) is 2.15. The highest BCUT2D eigenvalue weighted by atomic mass is 16.5. The lowest BCUT2D eigenvalue weighted by molar-refractivity contribution is 0.0870. The fourth-order valence-corrected chi connectivity index (χ4v) is 0.827. The monoisotopic (exact) mass is 206 g/mol. The number of nitrogens with one attached hydrogen (secondary N) is 1. The first kappa shape index (κ1) is 13.8. The van der Waals surface area contributed by atoms with Crippen LogP contribution in [0, 0.1) is 0 Å². The topological polar surface area (TPSA) is 65.0 Å². The summed E-state index contributed by atoms with van der Waals surface area (Å²) in [5.74, 6) is 0. The molecule has 0 radical (unpaired) electrons. The molecule has 14 heavy (non-hydrogen) atoms. The number of aliphatic hydroxyl groups is 2. The van der Waals surface area contributed by atoms with Crippen LogP contribution in [0.3, 0.4) is 0 Å². The van der Waals surface area contributed by atoms with Crippen LogP contribution in [0.25, 0.3) is 0 Å². The molecule has 0 aromatic rings. The van der Waals surface area contributed by atoms with E-state index in [1.54, 1.807) is 0 Å². The van der Waals surface area contributed by atoms with E-state index in [1.165, 1.54) is 0 Å². The molecule has 0 rings (SSSR count). The van der Waals surface area contributed by atoms with Crippen LogP contribution < -0.4 is 5.32 Å². The van der Waals surface area contributed by atoms with Gasteiger partial charge in [-0.25, -0.2) is 0 Å². The van der Waals surface area contributed by atoms with Crippen LogP contribution in [-0.4, -0.2) is 74.8 Å². The van der Waals surface area contributed by atoms with Gasteiger partial charge in [0.1, 0.15) is 0 Å². The van der Waals surface area contributed by atoms with Gasteiger partial charge in [-0.05, 0) is 14.1 Å². The molecule has 0 fully saturated rings. The largest absolute Gasteiger partial charge is 0.394 e. The molecule has 0 saturated heterocycles. The first-order chi connectivity index (χ1) is 6.66. The molecule has 0 aliphatic carbocycles. The van der Waals surface area contributed by atoms with Crippen LogP contribution in [0.1, 0.15) is 0 Å². The molecule has 5 nitrogen and oxygen atoms in total. The van der Waals surface area contributed by atoms with Crippen molar-refractivity contribution in [2.24, 2.45) is 0 Å². The van der Waals surface area contributed by atoms with Crippen LogP contribution in [-0.2, 0) is 4.74 Å². The Labute approximate surface area is 85.7 Å². The third kappa shape index (κ3) is 9.88. The second-order valence-corrected chi connectivity index (χ2v) is 3.46. The Balaban J connectivity index is 2.99. The minimum absolute atomic E-state index is 0.200. The van der Waals surface area contributed by atoms with E-state index in [4.69, 9.17) is 14.9 Å². The molecule has 5 heteroatoms. The quantitative estimate of drug-likeness (QED) is 0.401. The van der Waals surface area contributed by atoms with Crippen molar-refractivity contribution in [3.8, 4) is 0 Å². The Bertz CT molecular complexity index is 123. The maximum atomic E-state index is 8.97. The highest BCUT2D eigenvalue weighted by Gasteiger charge is 1.99. The summed E-state index contributed by atoms with van der Waals surface area (Å²) in [5.41, 5.74) is 0. The summed E-state index contributed by atoms with van der Waals surface area (Å²) < 4.78 is 5.31. The van der Waals surface area contributed by atoms with Crippen LogP contribution in [0.15, 0.2) is 0 Å². The highest BCUT2D eigenvalue weighted by Crippen LogP contribution is 1.79. The second kappa shape index (κ2) is 9.36. The summed E-state index contributed by atoms with van der Waals surface area (Å²) in [6, 6.07) is 0. The summed E-state index contributed by atoms with van der Waals surface area (Å²) in [5, 5.41) is 20.5. The normalized spacial score (nSPS) is 13.5.